The van der Waals surface area contributed by atoms with Gasteiger partial charge in [-0.05, 0) is 67.2 Å². The van der Waals surface area contributed by atoms with Crippen molar-refractivity contribution in [2.45, 2.75) is 39.9 Å². The number of thiophene rings is 1. The Morgan fingerprint density at radius 1 is 1.06 bits per heavy atom. The highest BCUT2D eigenvalue weighted by atomic mass is 32.1. The van der Waals surface area contributed by atoms with Crippen LogP contribution in [-0.4, -0.2) is 15.0 Å². The Balaban J connectivity index is 1.64. The normalized spacial score (nSPS) is 12.0. The Morgan fingerprint density at radius 3 is 2.53 bits per heavy atom. The van der Waals surface area contributed by atoms with E-state index < -0.39 is 0 Å². The average Bonchev–Trinajstić information content (AvgIpc) is 3.30. The lowest BCUT2D eigenvalue weighted by molar-refractivity contribution is 0.395. The van der Waals surface area contributed by atoms with E-state index in [1.807, 2.05) is 43.3 Å². The number of nitrogens with one attached hydrogen (secondary N) is 2. The summed E-state index contributed by atoms with van der Waals surface area (Å²) in [5, 5.41) is 7.23. The summed E-state index contributed by atoms with van der Waals surface area (Å²) in [6.07, 6.45) is 0. The number of rotatable bonds is 6. The predicted octanol–water partition coefficient (Wildman–Crippen LogP) is 5.84. The van der Waals surface area contributed by atoms with E-state index in [-0.39, 0.29) is 11.6 Å². The summed E-state index contributed by atoms with van der Waals surface area (Å²) in [4.78, 5) is 19.3. The molecule has 0 aliphatic rings. The molecular formula is C26H27N3OS2. The summed E-state index contributed by atoms with van der Waals surface area (Å²) in [5.74, 6) is 0. The van der Waals surface area contributed by atoms with Crippen LogP contribution in [0.3, 0.4) is 0 Å². The molecule has 2 aromatic carbocycles. The smallest absolute Gasteiger partial charge is 0.253 e. The van der Waals surface area contributed by atoms with Crippen LogP contribution < -0.4 is 10.9 Å². The molecule has 0 saturated carbocycles. The van der Waals surface area contributed by atoms with E-state index in [9.17, 15) is 4.79 Å². The van der Waals surface area contributed by atoms with Gasteiger partial charge in [-0.15, -0.1) is 11.3 Å². The molecule has 0 fully saturated rings. The van der Waals surface area contributed by atoms with E-state index in [2.05, 4.69) is 58.7 Å². The molecular weight excluding hydrogens is 434 g/mol. The largest absolute Gasteiger partial charge is 0.356 e. The maximum atomic E-state index is 13.0. The molecule has 2 heterocycles. The van der Waals surface area contributed by atoms with Crippen LogP contribution in [0.25, 0.3) is 10.9 Å². The number of hydrogen-bond donors (Lipinski definition) is 2. The lowest BCUT2D eigenvalue weighted by atomic mass is 10.0. The van der Waals surface area contributed by atoms with Crippen LogP contribution in [-0.2, 0) is 13.1 Å². The van der Waals surface area contributed by atoms with Gasteiger partial charge in [-0.2, -0.15) is 0 Å². The van der Waals surface area contributed by atoms with Gasteiger partial charge in [0.2, 0.25) is 0 Å². The Kier molecular flexibility index (Phi) is 6.72. The van der Waals surface area contributed by atoms with Crippen LogP contribution in [0.2, 0.25) is 0 Å². The number of thiocarbonyl (C=S) groups is 1. The third-order valence-corrected chi connectivity index (χ3v) is 6.97. The van der Waals surface area contributed by atoms with Crippen LogP contribution in [0, 0.1) is 13.8 Å². The predicted molar refractivity (Wildman–Crippen MR) is 138 cm³/mol. The topological polar surface area (TPSA) is 48.1 Å². The molecule has 0 unspecified atom stereocenters. The Bertz CT molecular complexity index is 1280. The highest BCUT2D eigenvalue weighted by Crippen LogP contribution is 2.21. The van der Waals surface area contributed by atoms with E-state index in [0.717, 1.165) is 22.0 Å². The van der Waals surface area contributed by atoms with Crippen LogP contribution in [0.5, 0.6) is 0 Å². The van der Waals surface area contributed by atoms with E-state index in [1.54, 1.807) is 11.3 Å². The fourth-order valence-electron chi connectivity index (χ4n) is 3.83. The molecule has 0 aliphatic heterocycles. The van der Waals surface area contributed by atoms with Crippen molar-refractivity contribution >= 4 is 39.6 Å². The third kappa shape index (κ3) is 4.92. The summed E-state index contributed by atoms with van der Waals surface area (Å²) in [6, 6.07) is 20.6. The Morgan fingerprint density at radius 2 is 1.81 bits per heavy atom. The van der Waals surface area contributed by atoms with Crippen molar-refractivity contribution in [3.8, 4) is 0 Å². The number of fused-ring (bicyclic) bond motifs is 1. The number of benzene rings is 2. The zero-order chi connectivity index (χ0) is 22.7. The highest BCUT2D eigenvalue weighted by Gasteiger charge is 2.17. The van der Waals surface area contributed by atoms with E-state index >= 15 is 0 Å². The minimum atomic E-state index is -0.0683. The van der Waals surface area contributed by atoms with Crippen LogP contribution in [0.1, 0.15) is 40.1 Å². The summed E-state index contributed by atoms with van der Waals surface area (Å²) in [5.41, 5.74) is 4.92. The van der Waals surface area contributed by atoms with E-state index in [0.29, 0.717) is 23.8 Å². The van der Waals surface area contributed by atoms with Gasteiger partial charge in [-0.25, -0.2) is 0 Å². The molecule has 0 saturated heterocycles. The minimum Gasteiger partial charge on any atom is -0.356 e. The van der Waals surface area contributed by atoms with Crippen LogP contribution in [0.15, 0.2) is 70.8 Å². The molecule has 0 radical (unpaired) electrons. The van der Waals surface area contributed by atoms with Crippen LogP contribution in [0.4, 0.5) is 0 Å². The van der Waals surface area contributed by atoms with Crippen LogP contribution >= 0.6 is 23.6 Å². The van der Waals surface area contributed by atoms with Crippen molar-refractivity contribution in [3.05, 3.63) is 104 Å². The lowest BCUT2D eigenvalue weighted by Gasteiger charge is -2.28. The monoisotopic (exact) mass is 461 g/mol. The number of H-pyrrole nitrogens is 1. The van der Waals surface area contributed by atoms with Gasteiger partial charge < -0.3 is 15.2 Å². The molecule has 2 aromatic heterocycles. The Labute approximate surface area is 197 Å². The molecule has 0 aliphatic carbocycles. The number of aromatic amines is 1. The van der Waals surface area contributed by atoms with E-state index in [1.165, 1.54) is 10.4 Å². The minimum absolute atomic E-state index is 0.0642. The van der Waals surface area contributed by atoms with Gasteiger partial charge in [0, 0.05) is 15.8 Å². The molecule has 0 spiro atoms. The third-order valence-electron chi connectivity index (χ3n) is 5.74. The maximum absolute atomic E-state index is 13.0. The summed E-state index contributed by atoms with van der Waals surface area (Å²) in [6.45, 7) is 7.27. The second-order valence-corrected chi connectivity index (χ2v) is 9.55. The molecule has 32 heavy (non-hydrogen) atoms. The van der Waals surface area contributed by atoms with Crippen molar-refractivity contribution in [3.63, 3.8) is 0 Å². The number of hydrogen-bond acceptors (Lipinski definition) is 3. The van der Waals surface area contributed by atoms with Gasteiger partial charge in [0.15, 0.2) is 5.11 Å². The molecule has 2 N–H and O–H groups in total. The number of pyridine rings is 1. The first-order valence-electron chi connectivity index (χ1n) is 10.7. The first kappa shape index (κ1) is 22.2. The van der Waals surface area contributed by atoms with Gasteiger partial charge in [0.25, 0.3) is 5.56 Å². The zero-order valence-electron chi connectivity index (χ0n) is 18.5. The zero-order valence-corrected chi connectivity index (χ0v) is 20.1. The molecule has 4 rings (SSSR count). The fraction of sp³-hybridized carbons (Fsp3) is 0.231. The number of aryl methyl sites for hydroxylation is 2. The van der Waals surface area contributed by atoms with E-state index in [4.69, 9.17) is 12.2 Å². The standard InChI is InChI=1S/C26H27N3OS2/c1-17-11-12-18(2)24-23(17)14-21(25(30)28-24)15-29(16-22-10-7-13-32-22)26(31)27-19(3)20-8-5-4-6-9-20/h4-14,19H,15-16H2,1-3H3,(H,27,31)(H,28,30)/t19-/m0/s1. The first-order chi connectivity index (χ1) is 15.4. The summed E-state index contributed by atoms with van der Waals surface area (Å²) >= 11 is 7.51. The highest BCUT2D eigenvalue weighted by molar-refractivity contribution is 7.80. The number of aromatic nitrogens is 1. The molecule has 6 heteroatoms. The number of nitrogens with zero attached hydrogens (tertiary/aromatic N) is 1. The maximum Gasteiger partial charge on any atom is 0.253 e. The molecule has 0 amide bonds. The van der Waals surface area contributed by atoms with Gasteiger partial charge in [0.05, 0.1) is 24.6 Å². The van der Waals surface area contributed by atoms with Crippen molar-refractivity contribution < 1.29 is 0 Å². The second kappa shape index (κ2) is 9.67. The van der Waals surface area contributed by atoms with Gasteiger partial charge in [-0.3, -0.25) is 4.79 Å². The SMILES string of the molecule is Cc1ccc(C)c2[nH]c(=O)c(CN(Cc3cccs3)C(=S)N[C@@H](C)c3ccccc3)cc12. The van der Waals surface area contributed by atoms with Crippen molar-refractivity contribution in [1.29, 1.82) is 0 Å². The Hall–Kier alpha value is -2.96. The van der Waals surface area contributed by atoms with Crippen molar-refractivity contribution in [1.82, 2.24) is 15.2 Å². The molecule has 1 atom stereocenters. The summed E-state index contributed by atoms with van der Waals surface area (Å²) in [7, 11) is 0. The first-order valence-corrected chi connectivity index (χ1v) is 12.0. The van der Waals surface area contributed by atoms with Crippen molar-refractivity contribution in [2.24, 2.45) is 0 Å². The molecule has 164 valence electrons. The van der Waals surface area contributed by atoms with Gasteiger partial charge in [0.1, 0.15) is 0 Å². The average molecular weight is 462 g/mol. The van der Waals surface area contributed by atoms with Gasteiger partial charge in [-0.1, -0.05) is 48.5 Å². The van der Waals surface area contributed by atoms with Crippen molar-refractivity contribution in [2.75, 3.05) is 0 Å². The molecule has 4 aromatic rings. The molecule has 4 nitrogen and oxygen atoms in total. The quantitative estimate of drug-likeness (QED) is 0.354. The molecule has 0 bridgehead atoms. The summed E-state index contributed by atoms with van der Waals surface area (Å²) < 4.78 is 0. The van der Waals surface area contributed by atoms with Gasteiger partial charge >= 0.3 is 0 Å². The lowest BCUT2D eigenvalue weighted by Crippen LogP contribution is -2.40. The fourth-order valence-corrected chi connectivity index (χ4v) is 4.86. The second-order valence-electron chi connectivity index (χ2n) is 8.13.